The minimum Gasteiger partial charge on any atom is -0.469 e. The largest absolute Gasteiger partial charge is 0.469 e. The molecule has 0 unspecified atom stereocenters. The molecular formula is C33H46N2O7. The number of carbonyl (C=O) groups excluding carboxylic acids is 3. The summed E-state index contributed by atoms with van der Waals surface area (Å²) in [5.41, 5.74) is 1.91. The number of hydrogen-bond donors (Lipinski definition) is 3. The number of aliphatic hydroxyl groups is 1. The number of hydrogen-bond acceptors (Lipinski definition) is 7. The Kier molecular flexibility index (Phi) is 14.7. The van der Waals surface area contributed by atoms with Crippen LogP contribution in [0.5, 0.6) is 0 Å². The minimum absolute atomic E-state index is 0.0331. The van der Waals surface area contributed by atoms with Gasteiger partial charge in [-0.3, -0.25) is 4.79 Å². The standard InChI is InChI=1S/C17H23NO4.C16H23NO3/c1-21-16(19)14-10-6-3-7-11-15(14)18-17(20)22-12-13-8-4-2-5-9-13;18-11-14-9-5-2-6-10-15(14)17-16(19)20-12-13-7-3-1-4-8-13/h2,4-5,8-9,14-15H,3,6-7,10-12H2,1H3,(H,18,20);1,3-4,7-8,14-15,18H,2,5-6,9-12H2,(H,17,19)/t14-,15-;14-,15+/m01/s1. The molecule has 2 aromatic rings. The quantitative estimate of drug-likeness (QED) is 0.202. The van der Waals surface area contributed by atoms with Gasteiger partial charge in [0.25, 0.3) is 0 Å². The van der Waals surface area contributed by atoms with Crippen molar-refractivity contribution in [3.05, 3.63) is 71.8 Å². The van der Waals surface area contributed by atoms with Crippen molar-refractivity contribution in [3.8, 4) is 0 Å². The summed E-state index contributed by atoms with van der Waals surface area (Å²) in [6.45, 7) is 0.634. The Morgan fingerprint density at radius 3 is 1.69 bits per heavy atom. The van der Waals surface area contributed by atoms with Gasteiger partial charge in [-0.05, 0) is 36.8 Å². The van der Waals surface area contributed by atoms with Crippen LogP contribution in [0.2, 0.25) is 0 Å². The summed E-state index contributed by atoms with van der Waals surface area (Å²) in [6.07, 6.45) is 9.00. The van der Waals surface area contributed by atoms with Crippen molar-refractivity contribution < 1.29 is 33.7 Å². The van der Waals surface area contributed by atoms with Crippen molar-refractivity contribution in [1.82, 2.24) is 10.6 Å². The zero-order chi connectivity index (χ0) is 30.0. The molecule has 42 heavy (non-hydrogen) atoms. The number of rotatable bonds is 8. The number of esters is 1. The van der Waals surface area contributed by atoms with Gasteiger partial charge in [0.2, 0.25) is 0 Å². The Bertz CT molecular complexity index is 1070. The molecule has 230 valence electrons. The molecule has 3 N–H and O–H groups in total. The Hall–Kier alpha value is -3.59. The van der Waals surface area contributed by atoms with Crippen LogP contribution in [0.15, 0.2) is 60.7 Å². The molecule has 0 radical (unpaired) electrons. The third-order valence-corrected chi connectivity index (χ3v) is 7.95. The molecule has 0 aromatic heterocycles. The highest BCUT2D eigenvalue weighted by Gasteiger charge is 2.32. The second-order valence-electron chi connectivity index (χ2n) is 11.0. The first-order valence-electron chi connectivity index (χ1n) is 15.1. The van der Waals surface area contributed by atoms with Crippen molar-refractivity contribution in [2.45, 2.75) is 89.5 Å². The zero-order valence-electron chi connectivity index (χ0n) is 24.7. The van der Waals surface area contributed by atoms with E-state index in [9.17, 15) is 19.5 Å². The molecule has 9 nitrogen and oxygen atoms in total. The summed E-state index contributed by atoms with van der Waals surface area (Å²) in [5, 5.41) is 15.2. The maximum absolute atomic E-state index is 12.0. The fraction of sp³-hybridized carbons (Fsp3) is 0.545. The van der Waals surface area contributed by atoms with Gasteiger partial charge in [0.1, 0.15) is 13.2 Å². The smallest absolute Gasteiger partial charge is 0.407 e. The predicted octanol–water partition coefficient (Wildman–Crippen LogP) is 5.89. The van der Waals surface area contributed by atoms with E-state index in [1.807, 2.05) is 60.7 Å². The highest BCUT2D eigenvalue weighted by molar-refractivity contribution is 5.75. The maximum Gasteiger partial charge on any atom is 0.407 e. The van der Waals surface area contributed by atoms with Crippen LogP contribution in [0.1, 0.15) is 75.3 Å². The van der Waals surface area contributed by atoms with Crippen LogP contribution in [-0.4, -0.2) is 49.1 Å². The molecule has 2 saturated carbocycles. The van der Waals surface area contributed by atoms with Gasteiger partial charge in [-0.2, -0.15) is 0 Å². The number of aliphatic hydroxyl groups excluding tert-OH is 1. The summed E-state index contributed by atoms with van der Waals surface area (Å²) >= 11 is 0. The van der Waals surface area contributed by atoms with E-state index in [4.69, 9.17) is 14.2 Å². The van der Waals surface area contributed by atoms with E-state index in [1.165, 1.54) is 13.5 Å². The fourth-order valence-corrected chi connectivity index (χ4v) is 5.54. The molecule has 0 spiro atoms. The molecule has 0 bridgehead atoms. The van der Waals surface area contributed by atoms with E-state index in [-0.39, 0.29) is 55.8 Å². The molecule has 0 heterocycles. The summed E-state index contributed by atoms with van der Waals surface area (Å²) in [7, 11) is 1.39. The molecule has 2 amide bonds. The van der Waals surface area contributed by atoms with Crippen molar-refractivity contribution >= 4 is 18.2 Å². The topological polar surface area (TPSA) is 123 Å². The number of methoxy groups -OCH3 is 1. The molecule has 2 aromatic carbocycles. The minimum atomic E-state index is -0.482. The molecule has 0 saturated heterocycles. The Morgan fingerprint density at radius 2 is 1.17 bits per heavy atom. The normalized spacial score (nSPS) is 22.1. The van der Waals surface area contributed by atoms with Crippen molar-refractivity contribution in [2.75, 3.05) is 13.7 Å². The van der Waals surface area contributed by atoms with Crippen molar-refractivity contribution in [1.29, 1.82) is 0 Å². The van der Waals surface area contributed by atoms with Gasteiger partial charge in [-0.1, -0.05) is 99.2 Å². The van der Waals surface area contributed by atoms with E-state index in [0.29, 0.717) is 0 Å². The van der Waals surface area contributed by atoms with Crippen LogP contribution in [-0.2, 0) is 32.2 Å². The molecule has 4 atom stereocenters. The molecular weight excluding hydrogens is 536 g/mol. The van der Waals surface area contributed by atoms with Crippen LogP contribution < -0.4 is 10.6 Å². The van der Waals surface area contributed by atoms with E-state index >= 15 is 0 Å². The first kappa shape index (κ1) is 32.9. The number of amides is 2. The zero-order valence-corrected chi connectivity index (χ0v) is 24.7. The van der Waals surface area contributed by atoms with E-state index < -0.39 is 6.09 Å². The summed E-state index contributed by atoms with van der Waals surface area (Å²) in [4.78, 5) is 35.7. The summed E-state index contributed by atoms with van der Waals surface area (Å²) in [5.74, 6) is -0.381. The van der Waals surface area contributed by atoms with Crippen LogP contribution in [0.25, 0.3) is 0 Å². The van der Waals surface area contributed by atoms with Gasteiger partial charge in [0, 0.05) is 24.6 Å². The lowest BCUT2D eigenvalue weighted by atomic mass is 9.95. The number of benzene rings is 2. The van der Waals surface area contributed by atoms with E-state index in [2.05, 4.69) is 10.6 Å². The average molecular weight is 583 g/mol. The second-order valence-corrected chi connectivity index (χ2v) is 11.0. The molecule has 9 heteroatoms. The van der Waals surface area contributed by atoms with Gasteiger partial charge >= 0.3 is 18.2 Å². The Morgan fingerprint density at radius 1 is 0.690 bits per heavy atom. The number of nitrogens with one attached hydrogen (secondary N) is 2. The Labute approximate surface area is 249 Å². The second kappa shape index (κ2) is 18.8. The number of carbonyl (C=O) groups is 3. The van der Waals surface area contributed by atoms with Crippen LogP contribution in [0.3, 0.4) is 0 Å². The predicted molar refractivity (Wildman–Crippen MR) is 159 cm³/mol. The summed E-state index contributed by atoms with van der Waals surface area (Å²) < 4.78 is 15.3. The SMILES string of the molecule is COC(=O)[C@H]1CCCCC[C@@H]1NC(=O)OCc1ccccc1.O=C(N[C@H]1CCCCC[C@@H]1CO)OCc1ccccc1. The monoisotopic (exact) mass is 582 g/mol. The van der Waals surface area contributed by atoms with Crippen LogP contribution in [0, 0.1) is 11.8 Å². The van der Waals surface area contributed by atoms with Gasteiger partial charge in [0.15, 0.2) is 0 Å². The van der Waals surface area contributed by atoms with Gasteiger partial charge in [-0.25, -0.2) is 9.59 Å². The lowest BCUT2D eigenvalue weighted by Crippen LogP contribution is -2.43. The number of alkyl carbamates (subject to hydrolysis) is 2. The summed E-state index contributed by atoms with van der Waals surface area (Å²) in [6, 6.07) is 19.0. The first-order valence-corrected chi connectivity index (χ1v) is 15.1. The fourth-order valence-electron chi connectivity index (χ4n) is 5.54. The average Bonchev–Trinajstić information content (AvgIpc) is 3.40. The lowest BCUT2D eigenvalue weighted by molar-refractivity contribution is -0.146. The molecule has 2 fully saturated rings. The highest BCUT2D eigenvalue weighted by Crippen LogP contribution is 2.25. The lowest BCUT2D eigenvalue weighted by Gasteiger charge is -2.24. The molecule has 2 aliphatic carbocycles. The van der Waals surface area contributed by atoms with E-state index in [0.717, 1.165) is 68.9 Å². The third kappa shape index (κ3) is 11.7. The first-order chi connectivity index (χ1) is 20.5. The third-order valence-electron chi connectivity index (χ3n) is 7.95. The van der Waals surface area contributed by atoms with Gasteiger partial charge in [-0.15, -0.1) is 0 Å². The Balaban J connectivity index is 0.000000231. The highest BCUT2D eigenvalue weighted by atomic mass is 16.6. The van der Waals surface area contributed by atoms with E-state index in [1.54, 1.807) is 0 Å². The molecule has 2 aliphatic rings. The maximum atomic E-state index is 12.0. The van der Waals surface area contributed by atoms with Gasteiger partial charge in [0.05, 0.1) is 13.0 Å². The molecule has 4 rings (SSSR count). The van der Waals surface area contributed by atoms with Crippen molar-refractivity contribution in [3.63, 3.8) is 0 Å². The van der Waals surface area contributed by atoms with Gasteiger partial charge < -0.3 is 30.0 Å². The van der Waals surface area contributed by atoms with Crippen LogP contribution >= 0.6 is 0 Å². The van der Waals surface area contributed by atoms with Crippen LogP contribution in [0.4, 0.5) is 9.59 Å². The molecule has 0 aliphatic heterocycles. The number of ether oxygens (including phenoxy) is 3. The van der Waals surface area contributed by atoms with Crippen molar-refractivity contribution in [2.24, 2.45) is 11.8 Å².